The van der Waals surface area contributed by atoms with Crippen LogP contribution >= 0.6 is 8.81 Å². The summed E-state index contributed by atoms with van der Waals surface area (Å²) < 4.78 is 4.75. The van der Waals surface area contributed by atoms with Crippen molar-refractivity contribution in [3.05, 3.63) is 0 Å². The van der Waals surface area contributed by atoms with Crippen LogP contribution in [0.5, 0.6) is 0 Å². The smallest absolute Gasteiger partial charge is 0.322 e. The van der Waals surface area contributed by atoms with Gasteiger partial charge in [0.15, 0.2) is 0 Å². The van der Waals surface area contributed by atoms with E-state index in [1.807, 2.05) is 13.8 Å². The summed E-state index contributed by atoms with van der Waals surface area (Å²) in [6.07, 6.45) is -0.0662. The summed E-state index contributed by atoms with van der Waals surface area (Å²) in [6, 6.07) is -0.507. The van der Waals surface area contributed by atoms with Crippen LogP contribution in [-0.4, -0.2) is 29.7 Å². The van der Waals surface area contributed by atoms with Gasteiger partial charge in [-0.15, -0.1) is 0 Å². The summed E-state index contributed by atoms with van der Waals surface area (Å²) in [7, 11) is 0.0833. The van der Waals surface area contributed by atoms with Gasteiger partial charge >= 0.3 is 5.97 Å². The van der Waals surface area contributed by atoms with Crippen molar-refractivity contribution in [3.63, 3.8) is 0 Å². The summed E-state index contributed by atoms with van der Waals surface area (Å²) in [4.78, 5) is 18.2. The first-order chi connectivity index (χ1) is 6.45. The van der Waals surface area contributed by atoms with Crippen LogP contribution in [0.4, 0.5) is 0 Å². The summed E-state index contributed by atoms with van der Waals surface area (Å²) in [5.41, 5.74) is 5.21. The second kappa shape index (κ2) is 15.3. The molecule has 0 aliphatic rings. The molecule has 0 bridgehead atoms. The van der Waals surface area contributed by atoms with Gasteiger partial charge in [-0.1, -0.05) is 13.8 Å². The molecular formula is C9H24NO3P. The lowest BCUT2D eigenvalue weighted by Crippen LogP contribution is -2.30. The van der Waals surface area contributed by atoms with E-state index in [2.05, 4.69) is 0 Å². The van der Waals surface area contributed by atoms with Gasteiger partial charge in [-0.3, -0.25) is 4.79 Å². The van der Waals surface area contributed by atoms with Crippen molar-refractivity contribution < 1.29 is 14.4 Å². The monoisotopic (exact) mass is 225 g/mol. The average molecular weight is 225 g/mol. The van der Waals surface area contributed by atoms with Crippen LogP contribution in [0.25, 0.3) is 0 Å². The van der Waals surface area contributed by atoms with E-state index in [-0.39, 0.29) is 20.9 Å². The standard InChI is InChI=1S/C6H13NO2.C2H6.CH5OP/c1-4(2)9-6(8)5(3)7;1-2;1-3-2/h4-5H,7H2,1-3H3;1-2H3;2-3H,1H3. The zero-order chi connectivity index (χ0) is 12.1. The third kappa shape index (κ3) is 22.6. The number of carbonyl (C=O) groups is 1. The summed E-state index contributed by atoms with van der Waals surface area (Å²) in [5.74, 6) is -0.343. The molecule has 0 aromatic rings. The molecule has 0 spiro atoms. The van der Waals surface area contributed by atoms with Crippen LogP contribution in [0.2, 0.25) is 0 Å². The van der Waals surface area contributed by atoms with Crippen molar-refractivity contribution in [1.82, 2.24) is 0 Å². The maximum absolute atomic E-state index is 10.6. The molecule has 2 atom stereocenters. The Hall–Kier alpha value is -0.180. The first kappa shape index (κ1) is 19.4. The molecule has 0 amide bonds. The molecule has 0 saturated heterocycles. The normalized spacial score (nSPS) is 11.2. The third-order valence-corrected chi connectivity index (χ3v) is 0.724. The molecule has 3 N–H and O–H groups in total. The first-order valence-corrected chi connectivity index (χ1v) is 6.17. The Labute approximate surface area is 89.1 Å². The van der Waals surface area contributed by atoms with Crippen molar-refractivity contribution in [2.75, 3.05) is 6.66 Å². The highest BCUT2D eigenvalue weighted by Crippen LogP contribution is 1.90. The third-order valence-electron chi connectivity index (χ3n) is 0.724. The van der Waals surface area contributed by atoms with Gasteiger partial charge in [0, 0.05) is 8.81 Å². The maximum Gasteiger partial charge on any atom is 0.322 e. The fourth-order valence-electron chi connectivity index (χ4n) is 0.340. The van der Waals surface area contributed by atoms with Crippen molar-refractivity contribution in [2.24, 2.45) is 5.73 Å². The quantitative estimate of drug-likeness (QED) is 0.552. The van der Waals surface area contributed by atoms with Crippen molar-refractivity contribution in [2.45, 2.75) is 46.8 Å². The van der Waals surface area contributed by atoms with Crippen LogP contribution in [0, 0.1) is 0 Å². The number of esters is 1. The lowest BCUT2D eigenvalue weighted by atomic mass is 10.4. The van der Waals surface area contributed by atoms with Crippen molar-refractivity contribution in [3.8, 4) is 0 Å². The van der Waals surface area contributed by atoms with E-state index in [0.29, 0.717) is 0 Å². The predicted octanol–water partition coefficient (Wildman–Crippen LogP) is 1.51. The summed E-state index contributed by atoms with van der Waals surface area (Å²) >= 11 is 0. The van der Waals surface area contributed by atoms with Gasteiger partial charge in [-0.2, -0.15) is 0 Å². The lowest BCUT2D eigenvalue weighted by molar-refractivity contribution is -0.148. The Kier molecular flexibility index (Phi) is 21.2. The first-order valence-electron chi connectivity index (χ1n) is 4.72. The van der Waals surface area contributed by atoms with Crippen LogP contribution in [-0.2, 0) is 9.53 Å². The number of hydrogen-bond donors (Lipinski definition) is 2. The molecule has 4 nitrogen and oxygen atoms in total. The minimum Gasteiger partial charge on any atom is -0.462 e. The molecule has 14 heavy (non-hydrogen) atoms. The second-order valence-corrected chi connectivity index (χ2v) is 2.95. The Morgan fingerprint density at radius 1 is 1.36 bits per heavy atom. The Morgan fingerprint density at radius 2 is 1.64 bits per heavy atom. The molecule has 0 aromatic carbocycles. The van der Waals surface area contributed by atoms with Crippen LogP contribution in [0.1, 0.15) is 34.6 Å². The molecule has 0 aliphatic carbocycles. The Morgan fingerprint density at radius 3 is 1.71 bits per heavy atom. The van der Waals surface area contributed by atoms with E-state index in [4.69, 9.17) is 15.4 Å². The molecule has 0 aromatic heterocycles. The Balaban J connectivity index is -0.000000205. The van der Waals surface area contributed by atoms with Gasteiger partial charge in [0.1, 0.15) is 6.04 Å². The van der Waals surface area contributed by atoms with Gasteiger partial charge in [0.05, 0.1) is 6.10 Å². The molecule has 88 valence electrons. The highest BCUT2D eigenvalue weighted by Gasteiger charge is 2.09. The van der Waals surface area contributed by atoms with E-state index in [1.165, 1.54) is 0 Å². The number of hydrogen-bond acceptors (Lipinski definition) is 4. The van der Waals surface area contributed by atoms with E-state index >= 15 is 0 Å². The zero-order valence-electron chi connectivity index (χ0n) is 10.00. The van der Waals surface area contributed by atoms with Gasteiger partial charge in [-0.25, -0.2) is 0 Å². The van der Waals surface area contributed by atoms with Crippen LogP contribution < -0.4 is 5.73 Å². The SMILES string of the molecule is CC.CC(C)OC(=O)C(C)N.CPO. The number of rotatable bonds is 2. The molecule has 0 radical (unpaired) electrons. The van der Waals surface area contributed by atoms with E-state index in [1.54, 1.807) is 27.4 Å². The maximum atomic E-state index is 10.6. The highest BCUT2D eigenvalue weighted by molar-refractivity contribution is 7.29. The average Bonchev–Trinajstić information content (AvgIpc) is 2.08. The molecule has 0 fully saturated rings. The molecule has 5 heteroatoms. The van der Waals surface area contributed by atoms with Gasteiger partial charge in [0.2, 0.25) is 0 Å². The fourth-order valence-corrected chi connectivity index (χ4v) is 0.340. The highest BCUT2D eigenvalue weighted by atomic mass is 31.1. The fraction of sp³-hybridized carbons (Fsp3) is 0.889. The molecule has 0 saturated carbocycles. The molecule has 2 unspecified atom stereocenters. The number of nitrogens with two attached hydrogens (primary N) is 1. The van der Waals surface area contributed by atoms with Gasteiger partial charge < -0.3 is 15.4 Å². The van der Waals surface area contributed by atoms with Gasteiger partial charge in [0.25, 0.3) is 0 Å². The second-order valence-electron chi connectivity index (χ2n) is 2.50. The van der Waals surface area contributed by atoms with Crippen LogP contribution in [0.3, 0.4) is 0 Å². The van der Waals surface area contributed by atoms with E-state index < -0.39 is 6.04 Å². The molecule has 0 rings (SSSR count). The van der Waals surface area contributed by atoms with E-state index in [0.717, 1.165) is 0 Å². The molecular weight excluding hydrogens is 201 g/mol. The largest absolute Gasteiger partial charge is 0.462 e. The topological polar surface area (TPSA) is 72.5 Å². The zero-order valence-corrected chi connectivity index (χ0v) is 11.0. The number of carbonyl (C=O) groups excluding carboxylic acids is 1. The van der Waals surface area contributed by atoms with Crippen molar-refractivity contribution in [1.29, 1.82) is 0 Å². The molecule has 0 aliphatic heterocycles. The summed E-state index contributed by atoms with van der Waals surface area (Å²) in [6.45, 7) is 10.9. The number of ether oxygens (including phenoxy) is 1. The predicted molar refractivity (Wildman–Crippen MR) is 62.7 cm³/mol. The minimum atomic E-state index is -0.507. The minimum absolute atomic E-state index is 0.0662. The molecule has 0 heterocycles. The lowest BCUT2D eigenvalue weighted by Gasteiger charge is -2.08. The van der Waals surface area contributed by atoms with Gasteiger partial charge in [-0.05, 0) is 27.4 Å². The van der Waals surface area contributed by atoms with Crippen molar-refractivity contribution >= 4 is 14.8 Å². The van der Waals surface area contributed by atoms with Crippen LogP contribution in [0.15, 0.2) is 0 Å². The Bertz CT molecular complexity index is 119. The summed E-state index contributed by atoms with van der Waals surface area (Å²) in [5, 5.41) is 0. The van der Waals surface area contributed by atoms with E-state index in [9.17, 15) is 4.79 Å².